The minimum absolute atomic E-state index is 0.0379. The summed E-state index contributed by atoms with van der Waals surface area (Å²) < 4.78 is 2.44. The predicted molar refractivity (Wildman–Crippen MR) is 114 cm³/mol. The van der Waals surface area contributed by atoms with Crippen LogP contribution >= 0.6 is 23.8 Å². The second kappa shape index (κ2) is 8.23. The van der Waals surface area contributed by atoms with Gasteiger partial charge >= 0.3 is 0 Å². The molecule has 3 aromatic rings. The van der Waals surface area contributed by atoms with Gasteiger partial charge in [-0.1, -0.05) is 17.7 Å². The molecule has 0 spiro atoms. The minimum atomic E-state index is -0.0628. The first-order chi connectivity index (χ1) is 14.0. The zero-order valence-corrected chi connectivity index (χ0v) is 17.1. The van der Waals surface area contributed by atoms with Gasteiger partial charge in [-0.25, -0.2) is 0 Å². The number of benzene rings is 2. The molecule has 0 atom stereocenters. The van der Waals surface area contributed by atoms with Gasteiger partial charge < -0.3 is 14.8 Å². The molecule has 0 saturated carbocycles. The number of H-pyrrole nitrogens is 1. The fourth-order valence-corrected chi connectivity index (χ4v) is 3.81. The summed E-state index contributed by atoms with van der Waals surface area (Å²) in [5.41, 5.74) is 2.08. The summed E-state index contributed by atoms with van der Waals surface area (Å²) in [4.78, 5) is 31.9. The van der Waals surface area contributed by atoms with Crippen molar-refractivity contribution in [2.45, 2.75) is 0 Å². The van der Waals surface area contributed by atoms with Crippen molar-refractivity contribution in [1.82, 2.24) is 19.4 Å². The molecule has 1 N–H and O–H groups in total. The number of hydrogen-bond acceptors (Lipinski definition) is 3. The van der Waals surface area contributed by atoms with E-state index in [0.717, 1.165) is 5.69 Å². The molecule has 0 radical (unpaired) electrons. The van der Waals surface area contributed by atoms with Crippen molar-refractivity contribution >= 4 is 35.6 Å². The number of carbonyl (C=O) groups is 2. The van der Waals surface area contributed by atoms with Crippen molar-refractivity contribution in [3.8, 4) is 5.69 Å². The van der Waals surface area contributed by atoms with Crippen LogP contribution in [-0.2, 0) is 0 Å². The number of hydrogen-bond donors (Lipinski definition) is 1. The number of nitrogens with one attached hydrogen (secondary N) is 1. The van der Waals surface area contributed by atoms with E-state index < -0.39 is 0 Å². The van der Waals surface area contributed by atoms with Crippen molar-refractivity contribution in [2.24, 2.45) is 0 Å². The number of rotatable bonds is 3. The molecule has 1 aliphatic rings. The highest BCUT2D eigenvalue weighted by Gasteiger charge is 2.25. The molecular formula is C21H19ClN4O2S. The largest absolute Gasteiger partial charge is 0.337 e. The summed E-state index contributed by atoms with van der Waals surface area (Å²) in [5.74, 6) is -0.101. The van der Waals surface area contributed by atoms with Gasteiger partial charge in [0.25, 0.3) is 11.8 Å². The number of nitrogens with zero attached hydrogens (tertiary/aromatic N) is 3. The summed E-state index contributed by atoms with van der Waals surface area (Å²) in [7, 11) is 0. The summed E-state index contributed by atoms with van der Waals surface area (Å²) in [6.07, 6.45) is 3.61. The van der Waals surface area contributed by atoms with Gasteiger partial charge in [0.05, 0.1) is 0 Å². The Bertz CT molecular complexity index is 1100. The molecule has 1 saturated heterocycles. The fraction of sp³-hybridized carbons (Fsp3) is 0.190. The van der Waals surface area contributed by atoms with Crippen LogP contribution in [0.3, 0.4) is 0 Å². The van der Waals surface area contributed by atoms with Crippen molar-refractivity contribution in [2.75, 3.05) is 26.2 Å². The van der Waals surface area contributed by atoms with E-state index in [4.69, 9.17) is 23.8 Å². The highest BCUT2D eigenvalue weighted by molar-refractivity contribution is 7.71. The van der Waals surface area contributed by atoms with Crippen LogP contribution < -0.4 is 0 Å². The quantitative estimate of drug-likeness (QED) is 0.648. The van der Waals surface area contributed by atoms with E-state index in [2.05, 4.69) is 4.98 Å². The molecule has 0 bridgehead atoms. The molecule has 0 aliphatic carbocycles. The molecule has 2 heterocycles. The SMILES string of the molecule is O=C(c1ccc(-n2cc[nH]c2=S)cc1)N1CCN(C(=O)c2cccc(Cl)c2)CC1. The maximum atomic E-state index is 12.8. The first-order valence-electron chi connectivity index (χ1n) is 9.23. The lowest BCUT2D eigenvalue weighted by Gasteiger charge is -2.35. The molecule has 2 amide bonds. The van der Waals surface area contributed by atoms with Crippen molar-refractivity contribution in [1.29, 1.82) is 0 Å². The molecule has 1 fully saturated rings. The summed E-state index contributed by atoms with van der Waals surface area (Å²) >= 11 is 11.2. The maximum Gasteiger partial charge on any atom is 0.254 e. The first-order valence-corrected chi connectivity index (χ1v) is 10.0. The Morgan fingerprint density at radius 1 is 0.897 bits per heavy atom. The number of aromatic nitrogens is 2. The summed E-state index contributed by atoms with van der Waals surface area (Å²) in [6.45, 7) is 1.98. The minimum Gasteiger partial charge on any atom is -0.337 e. The Balaban J connectivity index is 1.39. The molecule has 29 heavy (non-hydrogen) atoms. The van der Waals surface area contributed by atoms with Gasteiger partial charge in [0, 0.05) is 60.4 Å². The molecule has 8 heteroatoms. The number of amides is 2. The van der Waals surface area contributed by atoms with Crippen LogP contribution in [0.2, 0.25) is 5.02 Å². The molecule has 1 aromatic heterocycles. The third kappa shape index (κ3) is 4.11. The molecule has 6 nitrogen and oxygen atoms in total. The number of halogens is 1. The summed E-state index contributed by atoms with van der Waals surface area (Å²) in [5, 5.41) is 0.536. The number of carbonyl (C=O) groups excluding carboxylic acids is 2. The molecule has 0 unspecified atom stereocenters. The van der Waals surface area contributed by atoms with Crippen LogP contribution in [0.5, 0.6) is 0 Å². The highest BCUT2D eigenvalue weighted by atomic mass is 35.5. The van der Waals surface area contributed by atoms with Crippen LogP contribution in [0.25, 0.3) is 5.69 Å². The third-order valence-corrected chi connectivity index (χ3v) is 5.52. The van der Waals surface area contributed by atoms with Gasteiger partial charge in [-0.2, -0.15) is 0 Å². The van der Waals surface area contributed by atoms with Gasteiger partial charge in [-0.05, 0) is 54.7 Å². The smallest absolute Gasteiger partial charge is 0.254 e. The highest BCUT2D eigenvalue weighted by Crippen LogP contribution is 2.16. The molecule has 2 aromatic carbocycles. The molecule has 1 aliphatic heterocycles. The van der Waals surface area contributed by atoms with E-state index >= 15 is 0 Å². The van der Waals surface area contributed by atoms with Gasteiger partial charge in [-0.15, -0.1) is 0 Å². The van der Waals surface area contributed by atoms with E-state index in [1.54, 1.807) is 52.4 Å². The summed E-state index contributed by atoms with van der Waals surface area (Å²) in [6, 6.07) is 14.3. The number of imidazole rings is 1. The lowest BCUT2D eigenvalue weighted by Crippen LogP contribution is -2.50. The van der Waals surface area contributed by atoms with Crippen LogP contribution in [0.1, 0.15) is 20.7 Å². The number of piperazine rings is 1. The Morgan fingerprint density at radius 2 is 1.52 bits per heavy atom. The zero-order chi connectivity index (χ0) is 20.4. The molecular weight excluding hydrogens is 408 g/mol. The Morgan fingerprint density at radius 3 is 2.07 bits per heavy atom. The van der Waals surface area contributed by atoms with Gasteiger partial charge in [0.15, 0.2) is 4.77 Å². The Labute approximate surface area is 178 Å². The van der Waals surface area contributed by atoms with Crippen LogP contribution in [0.15, 0.2) is 60.9 Å². The fourth-order valence-electron chi connectivity index (χ4n) is 3.39. The van der Waals surface area contributed by atoms with E-state index in [1.165, 1.54) is 0 Å². The van der Waals surface area contributed by atoms with Crippen LogP contribution in [0.4, 0.5) is 0 Å². The predicted octanol–water partition coefficient (Wildman–Crippen LogP) is 3.79. The van der Waals surface area contributed by atoms with E-state index in [1.807, 2.05) is 22.9 Å². The maximum absolute atomic E-state index is 12.8. The van der Waals surface area contributed by atoms with Crippen molar-refractivity contribution < 1.29 is 9.59 Å². The van der Waals surface area contributed by atoms with Crippen molar-refractivity contribution in [3.05, 3.63) is 81.8 Å². The standard InChI is InChI=1S/C21H19ClN4O2S/c22-17-3-1-2-16(14-17)20(28)25-12-10-24(11-13-25)19(27)15-4-6-18(7-5-15)26-9-8-23-21(26)29/h1-9,14H,10-13H2,(H,23,29). The Hall–Kier alpha value is -2.90. The van der Waals surface area contributed by atoms with Gasteiger partial charge in [-0.3, -0.25) is 14.2 Å². The van der Waals surface area contributed by atoms with E-state index in [-0.39, 0.29) is 11.8 Å². The average Bonchev–Trinajstić information content (AvgIpc) is 3.19. The average molecular weight is 427 g/mol. The van der Waals surface area contributed by atoms with Crippen LogP contribution in [-0.4, -0.2) is 57.3 Å². The first kappa shape index (κ1) is 19.4. The zero-order valence-electron chi connectivity index (χ0n) is 15.5. The number of aromatic amines is 1. The van der Waals surface area contributed by atoms with Crippen molar-refractivity contribution in [3.63, 3.8) is 0 Å². The van der Waals surface area contributed by atoms with Crippen LogP contribution in [0, 0.1) is 4.77 Å². The third-order valence-electron chi connectivity index (χ3n) is 4.97. The van der Waals surface area contributed by atoms with E-state index in [0.29, 0.717) is 47.1 Å². The topological polar surface area (TPSA) is 61.3 Å². The Kier molecular flexibility index (Phi) is 5.51. The monoisotopic (exact) mass is 426 g/mol. The van der Waals surface area contributed by atoms with E-state index in [9.17, 15) is 9.59 Å². The molecule has 148 valence electrons. The van der Waals surface area contributed by atoms with Gasteiger partial charge in [0.1, 0.15) is 0 Å². The lowest BCUT2D eigenvalue weighted by atomic mass is 10.1. The lowest BCUT2D eigenvalue weighted by molar-refractivity contribution is 0.0535. The molecule has 4 rings (SSSR count). The van der Waals surface area contributed by atoms with Gasteiger partial charge in [0.2, 0.25) is 0 Å². The second-order valence-corrected chi connectivity index (χ2v) is 7.60. The normalized spacial score (nSPS) is 14.1. The second-order valence-electron chi connectivity index (χ2n) is 6.78.